The lowest BCUT2D eigenvalue weighted by atomic mass is 9.76. The molecule has 0 atom stereocenters. The van der Waals surface area contributed by atoms with E-state index >= 15 is 0 Å². The van der Waals surface area contributed by atoms with Crippen molar-refractivity contribution in [3.05, 3.63) is 76.5 Å². The Hall–Kier alpha value is -3.17. The van der Waals surface area contributed by atoms with E-state index in [1.165, 1.54) is 12.1 Å². The summed E-state index contributed by atoms with van der Waals surface area (Å²) in [6.45, 7) is 7.53. The third kappa shape index (κ3) is 6.00. The maximum atomic E-state index is 13.9. The van der Waals surface area contributed by atoms with E-state index in [-0.39, 0.29) is 24.3 Å². The van der Waals surface area contributed by atoms with Crippen LogP contribution >= 0.6 is 0 Å². The molecule has 2 aromatic carbocycles. The van der Waals surface area contributed by atoms with Crippen LogP contribution in [0.3, 0.4) is 0 Å². The van der Waals surface area contributed by atoms with Crippen LogP contribution in [0, 0.1) is 5.82 Å². The van der Waals surface area contributed by atoms with Gasteiger partial charge in [0.2, 0.25) is 0 Å². The summed E-state index contributed by atoms with van der Waals surface area (Å²) in [7, 11) is -0.880. The molecule has 1 aliphatic rings. The predicted octanol–water partition coefficient (Wildman–Crippen LogP) is 4.47. The highest BCUT2D eigenvalue weighted by molar-refractivity contribution is 6.56. The van der Waals surface area contributed by atoms with Gasteiger partial charge >= 0.3 is 19.2 Å². The summed E-state index contributed by atoms with van der Waals surface area (Å²) in [5, 5.41) is 12.1. The first-order valence-electron chi connectivity index (χ1n) is 10.5. The molecule has 0 aliphatic carbocycles. The number of rotatable bonds is 7. The van der Waals surface area contributed by atoms with Crippen molar-refractivity contribution in [2.75, 3.05) is 6.54 Å². The maximum absolute atomic E-state index is 13.9. The van der Waals surface area contributed by atoms with Crippen LogP contribution in [0.1, 0.15) is 49.2 Å². The van der Waals surface area contributed by atoms with Crippen LogP contribution in [0.25, 0.3) is 6.08 Å². The molecule has 33 heavy (non-hydrogen) atoms. The minimum Gasteiger partial charge on any atom is -0.478 e. The van der Waals surface area contributed by atoms with Crippen molar-refractivity contribution < 1.29 is 33.1 Å². The number of benzene rings is 2. The van der Waals surface area contributed by atoms with Gasteiger partial charge in [0.15, 0.2) is 0 Å². The molecule has 174 valence electrons. The Morgan fingerprint density at radius 1 is 1.09 bits per heavy atom. The summed E-state index contributed by atoms with van der Waals surface area (Å²) < 4.78 is 31.3. The van der Waals surface area contributed by atoms with Crippen LogP contribution in [0.15, 0.2) is 54.0 Å². The molecule has 3 rings (SSSR count). The summed E-state index contributed by atoms with van der Waals surface area (Å²) in [4.78, 5) is 23.9. The topological polar surface area (TPSA) is 94.1 Å². The van der Waals surface area contributed by atoms with Gasteiger partial charge in [0.25, 0.3) is 0 Å². The van der Waals surface area contributed by atoms with Gasteiger partial charge in [0.1, 0.15) is 12.4 Å². The molecule has 0 saturated carbocycles. The average molecular weight is 455 g/mol. The van der Waals surface area contributed by atoms with Crippen molar-refractivity contribution in [1.82, 2.24) is 5.32 Å². The van der Waals surface area contributed by atoms with Gasteiger partial charge in [-0.25, -0.2) is 14.0 Å². The normalized spacial score (nSPS) is 17.0. The van der Waals surface area contributed by atoms with E-state index in [9.17, 15) is 19.1 Å². The summed E-state index contributed by atoms with van der Waals surface area (Å²) in [6, 6.07) is 12.6. The van der Waals surface area contributed by atoms with Crippen molar-refractivity contribution in [2.45, 2.75) is 45.5 Å². The fourth-order valence-electron chi connectivity index (χ4n) is 3.19. The van der Waals surface area contributed by atoms with Crippen LogP contribution in [0.2, 0.25) is 0 Å². The molecule has 1 fully saturated rings. The highest BCUT2D eigenvalue weighted by atomic mass is 19.1. The fraction of sp³-hybridized carbons (Fsp3) is 0.333. The molecule has 2 N–H and O–H groups in total. The molecule has 1 aliphatic heterocycles. The number of carbonyl (C=O) groups is 2. The van der Waals surface area contributed by atoms with Crippen molar-refractivity contribution in [3.8, 4) is 0 Å². The van der Waals surface area contributed by atoms with Crippen LogP contribution in [-0.4, -0.2) is 42.0 Å². The minimum absolute atomic E-state index is 0.0555. The molecule has 0 bridgehead atoms. The fourth-order valence-corrected chi connectivity index (χ4v) is 3.19. The largest absolute Gasteiger partial charge is 0.492 e. The first-order chi connectivity index (χ1) is 15.5. The standard InChI is InChI=1S/C24H27BFNO6/c1-23(2)24(3,4)33-25(32-23)18(12-17-13-19(26)10-11-20(17)21(28)29)14-27-22(30)31-15-16-8-6-5-7-9-16/h5-13H,14-15H2,1-4H3,(H,27,30)(H,28,29). The summed E-state index contributed by atoms with van der Waals surface area (Å²) in [6.07, 6.45) is 0.797. The zero-order valence-electron chi connectivity index (χ0n) is 19.1. The Labute approximate surface area is 192 Å². The second-order valence-electron chi connectivity index (χ2n) is 8.76. The molecular formula is C24H27BFNO6. The number of aromatic carboxylic acids is 1. The van der Waals surface area contributed by atoms with Gasteiger partial charge in [-0.15, -0.1) is 0 Å². The monoisotopic (exact) mass is 455 g/mol. The highest BCUT2D eigenvalue weighted by Crippen LogP contribution is 2.38. The molecule has 0 aromatic heterocycles. The van der Waals surface area contributed by atoms with Gasteiger partial charge in [-0.1, -0.05) is 36.4 Å². The SMILES string of the molecule is CC1(C)OB(C(=Cc2cc(F)ccc2C(=O)O)CNC(=O)OCc2ccccc2)OC1(C)C. The predicted molar refractivity (Wildman–Crippen MR) is 122 cm³/mol. The van der Waals surface area contributed by atoms with Gasteiger partial charge in [-0.3, -0.25) is 0 Å². The number of alkyl carbamates (subject to hydrolysis) is 1. The maximum Gasteiger partial charge on any atom is 0.492 e. The lowest BCUT2D eigenvalue weighted by molar-refractivity contribution is 0.00578. The number of carboxylic acid groups (broad SMARTS) is 1. The van der Waals surface area contributed by atoms with Gasteiger partial charge < -0.3 is 24.5 Å². The lowest BCUT2D eigenvalue weighted by Gasteiger charge is -2.32. The van der Waals surface area contributed by atoms with Gasteiger partial charge in [-0.2, -0.15) is 0 Å². The van der Waals surface area contributed by atoms with Gasteiger partial charge in [-0.05, 0) is 62.5 Å². The summed E-state index contributed by atoms with van der Waals surface area (Å²) >= 11 is 0. The second-order valence-corrected chi connectivity index (χ2v) is 8.76. The van der Waals surface area contributed by atoms with Crippen LogP contribution < -0.4 is 5.32 Å². The molecule has 1 heterocycles. The van der Waals surface area contributed by atoms with Gasteiger partial charge in [0, 0.05) is 6.54 Å². The average Bonchev–Trinajstić information content (AvgIpc) is 2.97. The van der Waals surface area contributed by atoms with E-state index in [0.29, 0.717) is 5.47 Å². The summed E-state index contributed by atoms with van der Waals surface area (Å²) in [5.74, 6) is -1.79. The number of amides is 1. The number of carboxylic acids is 1. The molecule has 1 amide bonds. The first-order valence-corrected chi connectivity index (χ1v) is 10.5. The number of hydrogen-bond acceptors (Lipinski definition) is 5. The Balaban J connectivity index is 1.82. The smallest absolute Gasteiger partial charge is 0.478 e. The van der Waals surface area contributed by atoms with E-state index in [2.05, 4.69) is 5.32 Å². The minimum atomic E-state index is -1.20. The first kappa shape index (κ1) is 24.5. The van der Waals surface area contributed by atoms with Crippen LogP contribution in [0.5, 0.6) is 0 Å². The molecule has 0 radical (unpaired) electrons. The van der Waals surface area contributed by atoms with E-state index in [1.807, 2.05) is 58.0 Å². The number of ether oxygens (including phenoxy) is 1. The Kier molecular flexibility index (Phi) is 7.24. The molecule has 7 nitrogen and oxygen atoms in total. The zero-order chi connectivity index (χ0) is 24.2. The quantitative estimate of drug-likeness (QED) is 0.599. The summed E-state index contributed by atoms with van der Waals surface area (Å²) in [5.41, 5.74) is -0.0352. The molecular weight excluding hydrogens is 428 g/mol. The van der Waals surface area contributed by atoms with E-state index in [4.69, 9.17) is 14.0 Å². The third-order valence-electron chi connectivity index (χ3n) is 5.79. The van der Waals surface area contributed by atoms with Gasteiger partial charge in [0.05, 0.1) is 16.8 Å². The number of nitrogens with one attached hydrogen (secondary N) is 1. The molecule has 9 heteroatoms. The molecule has 1 saturated heterocycles. The van der Waals surface area contributed by atoms with Crippen molar-refractivity contribution >= 4 is 25.3 Å². The number of halogens is 1. The Morgan fingerprint density at radius 3 is 2.33 bits per heavy atom. The van der Waals surface area contributed by atoms with E-state index in [1.54, 1.807) is 0 Å². The Morgan fingerprint density at radius 2 is 1.73 bits per heavy atom. The molecule has 0 spiro atoms. The van der Waals surface area contributed by atoms with Crippen molar-refractivity contribution in [3.63, 3.8) is 0 Å². The molecule has 2 aromatic rings. The lowest BCUT2D eigenvalue weighted by Crippen LogP contribution is -2.41. The Bertz CT molecular complexity index is 1040. The number of carbonyl (C=O) groups excluding carboxylic acids is 1. The highest BCUT2D eigenvalue weighted by Gasteiger charge is 2.52. The second kappa shape index (κ2) is 9.76. The van der Waals surface area contributed by atoms with Crippen molar-refractivity contribution in [1.29, 1.82) is 0 Å². The van der Waals surface area contributed by atoms with Crippen LogP contribution in [0.4, 0.5) is 9.18 Å². The van der Waals surface area contributed by atoms with E-state index < -0.39 is 36.2 Å². The van der Waals surface area contributed by atoms with E-state index in [0.717, 1.165) is 17.7 Å². The van der Waals surface area contributed by atoms with Crippen molar-refractivity contribution in [2.24, 2.45) is 0 Å². The number of hydrogen-bond donors (Lipinski definition) is 2. The molecule has 0 unspecified atom stereocenters. The van der Waals surface area contributed by atoms with Crippen LogP contribution in [-0.2, 0) is 20.7 Å². The zero-order valence-corrected chi connectivity index (χ0v) is 19.1. The third-order valence-corrected chi connectivity index (χ3v) is 5.79.